The molecule has 170 valence electrons. The lowest BCUT2D eigenvalue weighted by Gasteiger charge is -2.24. The largest absolute Gasteiger partial charge is 0.349 e. The van der Waals surface area contributed by atoms with E-state index in [1.165, 1.54) is 4.68 Å². The number of amides is 1. The van der Waals surface area contributed by atoms with Gasteiger partial charge in [0.05, 0.1) is 29.3 Å². The minimum absolute atomic E-state index is 0.116. The van der Waals surface area contributed by atoms with E-state index in [1.807, 2.05) is 18.2 Å². The second-order valence-corrected chi connectivity index (χ2v) is 9.78. The van der Waals surface area contributed by atoms with Crippen molar-refractivity contribution in [1.29, 1.82) is 0 Å². The summed E-state index contributed by atoms with van der Waals surface area (Å²) in [6.45, 7) is 7.35. The number of pyridine rings is 1. The van der Waals surface area contributed by atoms with E-state index >= 15 is 0 Å². The molecule has 0 saturated heterocycles. The van der Waals surface area contributed by atoms with Crippen LogP contribution in [0.3, 0.4) is 0 Å². The maximum absolute atomic E-state index is 13.7. The van der Waals surface area contributed by atoms with E-state index in [0.717, 1.165) is 9.87 Å². The Hall–Kier alpha value is -3.20. The van der Waals surface area contributed by atoms with E-state index in [-0.39, 0.29) is 18.0 Å². The molecule has 0 aliphatic rings. The summed E-state index contributed by atoms with van der Waals surface area (Å²) < 4.78 is 30.1. The number of nitrogens with zero attached hydrogens (tertiary/aromatic N) is 4. The average molecular weight is 456 g/mol. The number of aromatic nitrogens is 3. The number of benzene rings is 1. The zero-order valence-electron chi connectivity index (χ0n) is 19.0. The first-order chi connectivity index (χ1) is 15.1. The van der Waals surface area contributed by atoms with Crippen molar-refractivity contribution in [1.82, 2.24) is 20.1 Å². The molecule has 3 aromatic rings. The van der Waals surface area contributed by atoms with Gasteiger partial charge in [0.25, 0.3) is 10.0 Å². The Balaban J connectivity index is 1.94. The fourth-order valence-electron chi connectivity index (χ4n) is 3.46. The van der Waals surface area contributed by atoms with Crippen LogP contribution in [0.4, 0.5) is 5.69 Å². The van der Waals surface area contributed by atoms with Crippen molar-refractivity contribution in [3.63, 3.8) is 0 Å². The van der Waals surface area contributed by atoms with Crippen LogP contribution in [0.25, 0.3) is 0 Å². The van der Waals surface area contributed by atoms with Gasteiger partial charge in [-0.3, -0.25) is 18.8 Å². The van der Waals surface area contributed by atoms with Crippen LogP contribution in [-0.4, -0.2) is 35.6 Å². The molecular weight excluding hydrogens is 426 g/mol. The number of hydrogen-bond donors (Lipinski definition) is 1. The van der Waals surface area contributed by atoms with E-state index in [1.54, 1.807) is 51.4 Å². The van der Waals surface area contributed by atoms with Gasteiger partial charge in [-0.05, 0) is 49.6 Å². The van der Waals surface area contributed by atoms with E-state index in [2.05, 4.69) is 29.2 Å². The molecule has 2 aromatic heterocycles. The number of nitrogens with one attached hydrogen (secondary N) is 1. The van der Waals surface area contributed by atoms with Gasteiger partial charge in [0.2, 0.25) is 5.91 Å². The second-order valence-electron chi connectivity index (χ2n) is 7.98. The van der Waals surface area contributed by atoms with Gasteiger partial charge in [0, 0.05) is 13.2 Å². The van der Waals surface area contributed by atoms with Crippen LogP contribution in [-0.2, 0) is 28.4 Å². The standard InChI is InChI=1S/C23H29N5O3S/c1-16(2)19-9-11-21(12-10-19)28(15-22(29)25-14-20-8-6-7-13-24-20)32(30,31)23-17(3)26-27(5)18(23)4/h6-13,16H,14-15H2,1-5H3,(H,25,29). The van der Waals surface area contributed by atoms with Crippen molar-refractivity contribution in [2.75, 3.05) is 10.8 Å². The highest BCUT2D eigenvalue weighted by atomic mass is 32.2. The molecule has 8 nitrogen and oxygen atoms in total. The molecule has 0 radical (unpaired) electrons. The SMILES string of the molecule is Cc1nn(C)c(C)c1S(=O)(=O)N(CC(=O)NCc1ccccn1)c1ccc(C(C)C)cc1. The number of anilines is 1. The first kappa shape index (κ1) is 23.5. The number of carbonyl (C=O) groups is 1. The van der Waals surface area contributed by atoms with E-state index < -0.39 is 15.9 Å². The van der Waals surface area contributed by atoms with E-state index in [4.69, 9.17) is 0 Å². The van der Waals surface area contributed by atoms with Crippen LogP contribution in [0.2, 0.25) is 0 Å². The number of aryl methyl sites for hydroxylation is 2. The molecule has 2 heterocycles. The Labute approximate surface area is 189 Å². The first-order valence-corrected chi connectivity index (χ1v) is 11.8. The third-order valence-corrected chi connectivity index (χ3v) is 7.35. The molecule has 0 bridgehead atoms. The minimum Gasteiger partial charge on any atom is -0.349 e. The van der Waals surface area contributed by atoms with Gasteiger partial charge in [0.1, 0.15) is 11.4 Å². The van der Waals surface area contributed by atoms with Gasteiger partial charge in [-0.15, -0.1) is 0 Å². The third kappa shape index (κ3) is 4.99. The van der Waals surface area contributed by atoms with Crippen LogP contribution < -0.4 is 9.62 Å². The normalized spacial score (nSPS) is 11.6. The third-order valence-electron chi connectivity index (χ3n) is 5.32. The summed E-state index contributed by atoms with van der Waals surface area (Å²) in [5, 5.41) is 7.01. The molecule has 0 unspecified atom stereocenters. The summed E-state index contributed by atoms with van der Waals surface area (Å²) in [5.74, 6) is -0.120. The summed E-state index contributed by atoms with van der Waals surface area (Å²) in [4.78, 5) is 17.1. The van der Waals surface area contributed by atoms with Crippen LogP contribution in [0.5, 0.6) is 0 Å². The van der Waals surface area contributed by atoms with E-state index in [9.17, 15) is 13.2 Å². The molecule has 0 aliphatic heterocycles. The van der Waals surface area contributed by atoms with Crippen molar-refractivity contribution in [2.24, 2.45) is 7.05 Å². The minimum atomic E-state index is -4.03. The Bertz CT molecular complexity index is 1190. The summed E-state index contributed by atoms with van der Waals surface area (Å²) in [5.41, 5.74) is 3.10. The summed E-state index contributed by atoms with van der Waals surface area (Å²) in [7, 11) is -2.34. The molecule has 0 atom stereocenters. The highest BCUT2D eigenvalue weighted by Crippen LogP contribution is 2.29. The molecule has 1 amide bonds. The molecule has 9 heteroatoms. The Kier molecular flexibility index (Phi) is 6.98. The lowest BCUT2D eigenvalue weighted by Crippen LogP contribution is -2.41. The van der Waals surface area contributed by atoms with Gasteiger partial charge in [-0.2, -0.15) is 5.10 Å². The molecule has 0 spiro atoms. The Morgan fingerprint density at radius 3 is 2.34 bits per heavy atom. The molecule has 1 N–H and O–H groups in total. The molecular formula is C23H29N5O3S. The molecule has 0 fully saturated rings. The Morgan fingerprint density at radius 2 is 1.81 bits per heavy atom. The number of carbonyl (C=O) groups excluding carboxylic acids is 1. The van der Waals surface area contributed by atoms with Crippen LogP contribution >= 0.6 is 0 Å². The summed E-state index contributed by atoms with van der Waals surface area (Å²) in [6, 6.07) is 12.7. The predicted molar refractivity (Wildman–Crippen MR) is 124 cm³/mol. The lowest BCUT2D eigenvalue weighted by atomic mass is 10.0. The topological polar surface area (TPSA) is 97.2 Å². The second kappa shape index (κ2) is 9.52. The maximum atomic E-state index is 13.7. The van der Waals surface area contributed by atoms with Crippen molar-refractivity contribution in [2.45, 2.75) is 45.1 Å². The first-order valence-electron chi connectivity index (χ1n) is 10.4. The quantitative estimate of drug-likeness (QED) is 0.563. The lowest BCUT2D eigenvalue weighted by molar-refractivity contribution is -0.119. The Morgan fingerprint density at radius 1 is 1.12 bits per heavy atom. The summed E-state index contributed by atoms with van der Waals surface area (Å²) >= 11 is 0. The molecule has 0 saturated carbocycles. The monoisotopic (exact) mass is 455 g/mol. The van der Waals surface area contributed by atoms with Gasteiger partial charge in [0.15, 0.2) is 0 Å². The summed E-state index contributed by atoms with van der Waals surface area (Å²) in [6.07, 6.45) is 1.64. The molecule has 3 rings (SSSR count). The van der Waals surface area contributed by atoms with E-state index in [0.29, 0.717) is 28.7 Å². The van der Waals surface area contributed by atoms with Crippen LogP contribution in [0.1, 0.15) is 42.4 Å². The molecule has 32 heavy (non-hydrogen) atoms. The van der Waals surface area contributed by atoms with Crippen LogP contribution in [0, 0.1) is 13.8 Å². The predicted octanol–water partition coefficient (Wildman–Crippen LogP) is 3.07. The van der Waals surface area contributed by atoms with Crippen molar-refractivity contribution in [3.05, 3.63) is 71.3 Å². The van der Waals surface area contributed by atoms with Gasteiger partial charge < -0.3 is 5.32 Å². The number of hydrogen-bond acceptors (Lipinski definition) is 5. The zero-order valence-corrected chi connectivity index (χ0v) is 19.8. The maximum Gasteiger partial charge on any atom is 0.268 e. The number of rotatable bonds is 8. The average Bonchev–Trinajstić information content (AvgIpc) is 3.03. The highest BCUT2D eigenvalue weighted by molar-refractivity contribution is 7.93. The van der Waals surface area contributed by atoms with Gasteiger partial charge >= 0.3 is 0 Å². The number of sulfonamides is 1. The highest BCUT2D eigenvalue weighted by Gasteiger charge is 2.32. The zero-order chi connectivity index (χ0) is 23.5. The van der Waals surface area contributed by atoms with Crippen molar-refractivity contribution < 1.29 is 13.2 Å². The molecule has 0 aliphatic carbocycles. The van der Waals surface area contributed by atoms with Crippen molar-refractivity contribution in [3.8, 4) is 0 Å². The fourth-order valence-corrected chi connectivity index (χ4v) is 5.28. The van der Waals surface area contributed by atoms with Gasteiger partial charge in [-0.1, -0.05) is 32.0 Å². The van der Waals surface area contributed by atoms with Crippen LogP contribution in [0.15, 0.2) is 53.6 Å². The fraction of sp³-hybridized carbons (Fsp3) is 0.348. The smallest absolute Gasteiger partial charge is 0.268 e. The van der Waals surface area contributed by atoms with Crippen molar-refractivity contribution >= 4 is 21.6 Å². The molecule has 1 aromatic carbocycles. The van der Waals surface area contributed by atoms with Gasteiger partial charge in [-0.25, -0.2) is 8.42 Å².